The van der Waals surface area contributed by atoms with Gasteiger partial charge in [-0.05, 0) is 68.2 Å². The SMILES string of the molecule is C/C(CC/C=C\c1cn(C)/c(=N/c2ccccc2)n1C)=C1\N(C)c2ccc(C)cc2N1C. The molecule has 4 rings (SSSR count). The molecule has 5 heteroatoms. The Hall–Kier alpha value is -3.47. The Kier molecular flexibility index (Phi) is 6.08. The average molecular weight is 428 g/mol. The number of imidazole rings is 1. The van der Waals surface area contributed by atoms with Crippen LogP contribution in [-0.2, 0) is 14.1 Å². The fraction of sp³-hybridized carbons (Fsp3) is 0.296. The first kappa shape index (κ1) is 21.8. The third-order valence-corrected chi connectivity index (χ3v) is 6.16. The van der Waals surface area contributed by atoms with E-state index in [0.717, 1.165) is 29.8 Å². The van der Waals surface area contributed by atoms with Crippen molar-refractivity contribution in [2.24, 2.45) is 19.1 Å². The van der Waals surface area contributed by atoms with Crippen LogP contribution in [0.1, 0.15) is 31.0 Å². The van der Waals surface area contributed by atoms with Gasteiger partial charge in [-0.15, -0.1) is 0 Å². The van der Waals surface area contributed by atoms with E-state index in [1.54, 1.807) is 0 Å². The van der Waals surface area contributed by atoms with Crippen molar-refractivity contribution in [2.45, 2.75) is 26.7 Å². The second-order valence-electron chi connectivity index (χ2n) is 8.63. The Morgan fingerprint density at radius 2 is 1.66 bits per heavy atom. The third kappa shape index (κ3) is 4.15. The van der Waals surface area contributed by atoms with Crippen LogP contribution in [0.2, 0.25) is 0 Å². The molecule has 1 aromatic heterocycles. The monoisotopic (exact) mass is 427 g/mol. The van der Waals surface area contributed by atoms with E-state index >= 15 is 0 Å². The summed E-state index contributed by atoms with van der Waals surface area (Å²) in [4.78, 5) is 9.41. The van der Waals surface area contributed by atoms with Crippen molar-refractivity contribution in [2.75, 3.05) is 23.9 Å². The molecule has 0 spiro atoms. The molecule has 5 nitrogen and oxygen atoms in total. The van der Waals surface area contributed by atoms with Crippen LogP contribution in [0, 0.1) is 6.92 Å². The molecular formula is C27H33N5. The van der Waals surface area contributed by atoms with Gasteiger partial charge in [0.25, 0.3) is 0 Å². The fourth-order valence-electron chi connectivity index (χ4n) is 4.45. The molecule has 3 aromatic rings. The zero-order valence-electron chi connectivity index (χ0n) is 20.0. The van der Waals surface area contributed by atoms with Crippen LogP contribution >= 0.6 is 0 Å². The quantitative estimate of drug-likeness (QED) is 0.537. The summed E-state index contributed by atoms with van der Waals surface area (Å²) in [5, 5.41) is 0. The van der Waals surface area contributed by atoms with Gasteiger partial charge >= 0.3 is 0 Å². The van der Waals surface area contributed by atoms with Gasteiger partial charge in [0.2, 0.25) is 5.62 Å². The number of hydrogen-bond acceptors (Lipinski definition) is 3. The summed E-state index contributed by atoms with van der Waals surface area (Å²) in [6.45, 7) is 4.39. The average Bonchev–Trinajstić information content (AvgIpc) is 3.18. The zero-order valence-corrected chi connectivity index (χ0v) is 20.0. The molecule has 2 aromatic carbocycles. The van der Waals surface area contributed by atoms with Gasteiger partial charge in [0.05, 0.1) is 22.8 Å². The molecule has 0 saturated heterocycles. The predicted molar refractivity (Wildman–Crippen MR) is 135 cm³/mol. The summed E-state index contributed by atoms with van der Waals surface area (Å²) in [6.07, 6.45) is 8.60. The molecule has 0 fully saturated rings. The van der Waals surface area contributed by atoms with Crippen LogP contribution < -0.4 is 15.4 Å². The van der Waals surface area contributed by atoms with Crippen molar-refractivity contribution >= 4 is 23.1 Å². The smallest absolute Gasteiger partial charge is 0.210 e. The van der Waals surface area contributed by atoms with Crippen molar-refractivity contribution < 1.29 is 0 Å². The molecule has 0 amide bonds. The summed E-state index contributed by atoms with van der Waals surface area (Å²) in [6, 6.07) is 16.7. The number of benzene rings is 2. The van der Waals surface area contributed by atoms with E-state index in [1.807, 2.05) is 37.4 Å². The van der Waals surface area contributed by atoms with Crippen LogP contribution in [0.3, 0.4) is 0 Å². The number of hydrogen-bond donors (Lipinski definition) is 0. The van der Waals surface area contributed by atoms with Gasteiger partial charge in [0.1, 0.15) is 5.82 Å². The molecular weight excluding hydrogens is 394 g/mol. The minimum Gasteiger partial charge on any atom is -0.329 e. The Morgan fingerprint density at radius 3 is 2.41 bits per heavy atom. The first-order valence-electron chi connectivity index (χ1n) is 11.1. The lowest BCUT2D eigenvalue weighted by molar-refractivity contribution is 0.743. The molecule has 0 bridgehead atoms. The standard InChI is InChI=1S/C27H33N5/c1-20-16-17-24-25(18-20)32(6)26(31(24)5)21(2)12-10-11-15-23-19-29(3)27(30(23)4)28-22-13-8-7-9-14-22/h7-9,11,13-19H,10,12H2,1-6H3/b15-11-,26-21-,28-27-. The number of aryl methyl sites for hydroxylation is 2. The molecule has 0 unspecified atom stereocenters. The van der Waals surface area contributed by atoms with Crippen molar-refractivity contribution in [1.29, 1.82) is 0 Å². The van der Waals surface area contributed by atoms with Gasteiger partial charge in [0, 0.05) is 34.4 Å². The molecule has 0 N–H and O–H groups in total. The molecule has 1 aliphatic rings. The van der Waals surface area contributed by atoms with E-state index in [9.17, 15) is 0 Å². The Balaban J connectivity index is 1.48. The summed E-state index contributed by atoms with van der Waals surface area (Å²) in [7, 11) is 8.43. The van der Waals surface area contributed by atoms with E-state index in [-0.39, 0.29) is 0 Å². The molecule has 2 heterocycles. The second kappa shape index (κ2) is 8.95. The Morgan fingerprint density at radius 1 is 0.938 bits per heavy atom. The highest BCUT2D eigenvalue weighted by atomic mass is 15.4. The minimum absolute atomic E-state index is 0.927. The Bertz CT molecular complexity index is 1240. The molecule has 1 aliphatic heterocycles. The van der Waals surface area contributed by atoms with Crippen molar-refractivity contribution in [3.8, 4) is 0 Å². The summed E-state index contributed by atoms with van der Waals surface area (Å²) >= 11 is 0. The number of anilines is 2. The van der Waals surface area contributed by atoms with Crippen LogP contribution in [0.4, 0.5) is 17.1 Å². The van der Waals surface area contributed by atoms with Crippen LogP contribution in [0.15, 0.2) is 77.2 Å². The molecule has 0 radical (unpaired) electrons. The van der Waals surface area contributed by atoms with Crippen molar-refractivity contribution in [3.63, 3.8) is 0 Å². The van der Waals surface area contributed by atoms with E-state index in [1.165, 1.54) is 28.3 Å². The number of aromatic nitrogens is 2. The van der Waals surface area contributed by atoms with Gasteiger partial charge in [-0.1, -0.05) is 30.3 Å². The van der Waals surface area contributed by atoms with Crippen molar-refractivity contribution in [3.05, 3.63) is 89.1 Å². The molecule has 0 saturated carbocycles. The highest BCUT2D eigenvalue weighted by Gasteiger charge is 2.27. The van der Waals surface area contributed by atoms with Crippen LogP contribution in [0.5, 0.6) is 0 Å². The number of rotatable bonds is 5. The topological polar surface area (TPSA) is 28.7 Å². The van der Waals surface area contributed by atoms with Gasteiger partial charge in [-0.2, -0.15) is 0 Å². The van der Waals surface area contributed by atoms with E-state index in [4.69, 9.17) is 4.99 Å². The lowest BCUT2D eigenvalue weighted by Gasteiger charge is -2.21. The summed E-state index contributed by atoms with van der Waals surface area (Å²) in [5.74, 6) is 1.29. The number of nitrogens with zero attached hydrogens (tertiary/aromatic N) is 5. The van der Waals surface area contributed by atoms with Crippen LogP contribution in [0.25, 0.3) is 6.08 Å². The van der Waals surface area contributed by atoms with Gasteiger partial charge in [0.15, 0.2) is 0 Å². The van der Waals surface area contributed by atoms with Gasteiger partial charge in [-0.25, -0.2) is 4.99 Å². The maximum absolute atomic E-state index is 4.79. The summed E-state index contributed by atoms with van der Waals surface area (Å²) < 4.78 is 4.20. The molecule has 0 aliphatic carbocycles. The van der Waals surface area contributed by atoms with Gasteiger partial charge < -0.3 is 18.9 Å². The number of fused-ring (bicyclic) bond motifs is 1. The number of allylic oxidation sites excluding steroid dienone is 2. The molecule has 0 atom stereocenters. The lowest BCUT2D eigenvalue weighted by atomic mass is 10.1. The molecule has 32 heavy (non-hydrogen) atoms. The third-order valence-electron chi connectivity index (χ3n) is 6.16. The minimum atomic E-state index is 0.927. The highest BCUT2D eigenvalue weighted by Crippen LogP contribution is 2.41. The second-order valence-corrected chi connectivity index (χ2v) is 8.63. The first-order chi connectivity index (χ1) is 15.4. The van der Waals surface area contributed by atoms with E-state index < -0.39 is 0 Å². The van der Waals surface area contributed by atoms with Crippen LogP contribution in [-0.4, -0.2) is 23.2 Å². The normalized spacial score (nSPS) is 15.8. The maximum Gasteiger partial charge on any atom is 0.210 e. The van der Waals surface area contributed by atoms with Crippen molar-refractivity contribution in [1.82, 2.24) is 9.13 Å². The first-order valence-corrected chi connectivity index (χ1v) is 11.1. The lowest BCUT2D eigenvalue weighted by Crippen LogP contribution is -2.23. The predicted octanol–water partition coefficient (Wildman–Crippen LogP) is 5.52. The van der Waals surface area contributed by atoms with Gasteiger partial charge in [-0.3, -0.25) is 0 Å². The zero-order chi connectivity index (χ0) is 22.8. The molecule has 166 valence electrons. The highest BCUT2D eigenvalue weighted by molar-refractivity contribution is 5.82. The largest absolute Gasteiger partial charge is 0.329 e. The summed E-state index contributed by atoms with van der Waals surface area (Å²) in [5.41, 5.74) is 8.27. The fourth-order valence-corrected chi connectivity index (χ4v) is 4.45. The van der Waals surface area contributed by atoms with E-state index in [0.29, 0.717) is 0 Å². The number of para-hydroxylation sites is 1. The maximum atomic E-state index is 4.79. The van der Waals surface area contributed by atoms with E-state index in [2.05, 4.69) is 90.5 Å². The Labute approximate surface area is 191 Å².